The van der Waals surface area contributed by atoms with E-state index < -0.39 is 53.7 Å². The van der Waals surface area contributed by atoms with E-state index in [9.17, 15) is 29.1 Å². The molecule has 1 aliphatic heterocycles. The van der Waals surface area contributed by atoms with Crippen molar-refractivity contribution in [3.8, 4) is 40.1 Å². The van der Waals surface area contributed by atoms with Gasteiger partial charge in [0.15, 0.2) is 11.8 Å². The highest BCUT2D eigenvalue weighted by Crippen LogP contribution is 2.39. The molecule has 0 unspecified atom stereocenters. The van der Waals surface area contributed by atoms with Gasteiger partial charge in [-0.1, -0.05) is 57.2 Å². The zero-order valence-corrected chi connectivity index (χ0v) is 38.2. The molecular formula is C47H58N12O7. The maximum absolute atomic E-state index is 14.7. The van der Waals surface area contributed by atoms with E-state index >= 15 is 0 Å². The summed E-state index contributed by atoms with van der Waals surface area (Å²) in [5.74, 6) is -3.18. The minimum absolute atomic E-state index is 0.00934. The van der Waals surface area contributed by atoms with Gasteiger partial charge >= 0.3 is 0 Å². The lowest BCUT2D eigenvalue weighted by molar-refractivity contribution is -0.141. The van der Waals surface area contributed by atoms with Crippen molar-refractivity contribution < 1.29 is 33.8 Å². The first kappa shape index (κ1) is 49.4. The number of amides is 5. The van der Waals surface area contributed by atoms with Crippen LogP contribution in [-0.2, 0) is 31.0 Å². The number of aromatic nitrogens is 2. The summed E-state index contributed by atoms with van der Waals surface area (Å²) in [5.41, 5.74) is 21.1. The van der Waals surface area contributed by atoms with E-state index in [-0.39, 0.29) is 78.6 Å². The number of rotatable bonds is 13. The third kappa shape index (κ3) is 11.9. The van der Waals surface area contributed by atoms with Crippen LogP contribution in [0, 0.1) is 25.2 Å². The van der Waals surface area contributed by atoms with Gasteiger partial charge < -0.3 is 53.2 Å². The van der Waals surface area contributed by atoms with Gasteiger partial charge in [-0.25, -0.2) is 9.97 Å². The minimum atomic E-state index is -1.46. The van der Waals surface area contributed by atoms with Gasteiger partial charge in [-0.3, -0.25) is 29.0 Å². The predicted molar refractivity (Wildman–Crippen MR) is 248 cm³/mol. The van der Waals surface area contributed by atoms with E-state index in [0.29, 0.717) is 28.3 Å². The number of hydrogen-bond donors (Lipinski definition) is 8. The molecule has 4 bridgehead atoms. The van der Waals surface area contributed by atoms with E-state index in [1.165, 1.54) is 20.0 Å². The second kappa shape index (κ2) is 21.4. The molecule has 0 saturated heterocycles. The van der Waals surface area contributed by atoms with Crippen molar-refractivity contribution in [3.05, 3.63) is 94.3 Å². The highest BCUT2D eigenvalue weighted by molar-refractivity contribution is 6.00. The monoisotopic (exact) mass is 902 g/mol. The average Bonchev–Trinajstić information content (AvgIpc) is 3.26. The van der Waals surface area contributed by atoms with Gasteiger partial charge in [0.1, 0.15) is 48.8 Å². The normalized spacial score (nSPS) is 16.6. The number of ether oxygens (including phenoxy) is 1. The quantitative estimate of drug-likeness (QED) is 0.0412. The summed E-state index contributed by atoms with van der Waals surface area (Å²) in [7, 11) is 1.38. The minimum Gasteiger partial charge on any atom is -0.507 e. The van der Waals surface area contributed by atoms with E-state index in [1.807, 2.05) is 30.3 Å². The molecule has 0 spiro atoms. The molecule has 4 aromatic rings. The van der Waals surface area contributed by atoms with Crippen LogP contribution in [0.4, 0.5) is 0 Å². The highest BCUT2D eigenvalue weighted by Gasteiger charge is 2.36. The van der Waals surface area contributed by atoms with Gasteiger partial charge in [0.2, 0.25) is 23.6 Å². The van der Waals surface area contributed by atoms with Crippen LogP contribution < -0.4 is 43.2 Å². The first-order valence-electron chi connectivity index (χ1n) is 21.4. The molecule has 348 valence electrons. The molecule has 5 rings (SSSR count). The van der Waals surface area contributed by atoms with Crippen molar-refractivity contribution in [1.82, 2.24) is 36.1 Å². The number of carbonyl (C=O) groups is 5. The second-order valence-electron chi connectivity index (χ2n) is 17.0. The lowest BCUT2D eigenvalue weighted by Gasteiger charge is -2.32. The van der Waals surface area contributed by atoms with Gasteiger partial charge in [-0.05, 0) is 80.1 Å². The number of phenolic OH excluding ortho intramolecular Hbond substituents is 1. The summed E-state index contributed by atoms with van der Waals surface area (Å²) >= 11 is 0. The van der Waals surface area contributed by atoms with E-state index in [4.69, 9.17) is 27.2 Å². The summed E-state index contributed by atoms with van der Waals surface area (Å²) in [5, 5.41) is 31.0. The Morgan fingerprint density at radius 3 is 2.30 bits per heavy atom. The van der Waals surface area contributed by atoms with Crippen LogP contribution in [0.25, 0.3) is 22.5 Å². The molecule has 19 nitrogen and oxygen atoms in total. The maximum Gasteiger partial charge on any atom is 0.255 e. The smallest absolute Gasteiger partial charge is 0.255 e. The molecule has 0 saturated carbocycles. The molecule has 11 N–H and O–H groups in total. The van der Waals surface area contributed by atoms with Crippen LogP contribution >= 0.6 is 0 Å². The Labute approximate surface area is 383 Å². The van der Waals surface area contributed by atoms with Crippen LogP contribution in [0.5, 0.6) is 11.5 Å². The molecule has 1 aromatic heterocycles. The summed E-state index contributed by atoms with van der Waals surface area (Å²) in [6.45, 7) is 10.9. The average molecular weight is 903 g/mol. The van der Waals surface area contributed by atoms with Crippen LogP contribution in [0.15, 0.2) is 65.7 Å². The fourth-order valence-corrected chi connectivity index (χ4v) is 7.53. The van der Waals surface area contributed by atoms with Gasteiger partial charge in [0.25, 0.3) is 5.91 Å². The molecule has 19 heteroatoms. The van der Waals surface area contributed by atoms with Crippen LogP contribution in [0.3, 0.4) is 0 Å². The zero-order valence-electron chi connectivity index (χ0n) is 38.2. The first-order chi connectivity index (χ1) is 31.2. The lowest BCUT2D eigenvalue weighted by atomic mass is 9.86. The van der Waals surface area contributed by atoms with Crippen molar-refractivity contribution >= 4 is 35.5 Å². The van der Waals surface area contributed by atoms with Gasteiger partial charge in [0.05, 0.1) is 29.6 Å². The Bertz CT molecular complexity index is 2520. The first-order valence-corrected chi connectivity index (χ1v) is 21.4. The number of guanidine groups is 1. The number of aliphatic imine (C=N–C) groups is 1. The number of nitriles is 1. The fraction of sp³-hybridized carbons (Fsp3) is 0.383. The molecule has 2 heterocycles. The molecule has 4 atom stereocenters. The number of hydrogen-bond acceptors (Lipinski definition) is 12. The predicted octanol–water partition coefficient (Wildman–Crippen LogP) is 1.92. The number of nitrogens with two attached hydrogens (primary N) is 3. The number of benzene rings is 3. The molecule has 5 amide bonds. The summed E-state index contributed by atoms with van der Waals surface area (Å²) in [6.07, 6.45) is -0.0881. The summed E-state index contributed by atoms with van der Waals surface area (Å²) in [4.78, 5) is 84.6. The summed E-state index contributed by atoms with van der Waals surface area (Å²) < 4.78 is 6.08. The lowest BCUT2D eigenvalue weighted by Crippen LogP contribution is -2.56. The number of carbonyl (C=O) groups excluding carboxylic acids is 5. The number of aryl methyl sites for hydroxylation is 2. The van der Waals surface area contributed by atoms with Crippen molar-refractivity contribution in [1.29, 1.82) is 5.26 Å². The Kier molecular flexibility index (Phi) is 16.0. The van der Waals surface area contributed by atoms with Crippen LogP contribution in [-0.4, -0.2) is 107 Å². The highest BCUT2D eigenvalue weighted by atomic mass is 16.5. The number of likely N-dealkylation sites (N-methyl/N-ethyl adjacent to an activating group) is 1. The van der Waals surface area contributed by atoms with Gasteiger partial charge in [0, 0.05) is 30.2 Å². The Hall–Kier alpha value is -7.59. The zero-order chi connectivity index (χ0) is 48.5. The SMILES string of the molecule is Cc1nc(-c2ccc(C(C)(C)C)cc2)nc(C)c1C(=O)N[C@@H](CCN)C(=O)N(C)[C@@H]1C(=O)N[C@@H](C)C(=O)N[C@H](C(=O)NCC#N)Cc2ccc(O)c(c2)-c2cc1ccc2OCCN=C(N)N. The van der Waals surface area contributed by atoms with E-state index in [2.05, 4.69) is 57.0 Å². The molecule has 0 aliphatic carbocycles. The largest absolute Gasteiger partial charge is 0.507 e. The second-order valence-corrected chi connectivity index (χ2v) is 17.0. The van der Waals surface area contributed by atoms with Crippen molar-refractivity contribution in [2.45, 2.75) is 84.0 Å². The topological polar surface area (TPSA) is 306 Å². The Balaban J connectivity index is 1.55. The Morgan fingerprint density at radius 1 is 1.00 bits per heavy atom. The molecular weight excluding hydrogens is 845 g/mol. The van der Waals surface area contributed by atoms with Crippen molar-refractivity contribution in [3.63, 3.8) is 0 Å². The maximum atomic E-state index is 14.7. The van der Waals surface area contributed by atoms with Gasteiger partial charge in [-0.2, -0.15) is 5.26 Å². The third-order valence-corrected chi connectivity index (χ3v) is 11.0. The number of phenols is 1. The van der Waals surface area contributed by atoms with Crippen molar-refractivity contribution in [2.75, 3.05) is 33.3 Å². The molecule has 0 radical (unpaired) electrons. The molecule has 0 fully saturated rings. The van der Waals surface area contributed by atoms with Crippen LogP contribution in [0.2, 0.25) is 0 Å². The number of fused-ring (bicyclic) bond motifs is 5. The molecule has 66 heavy (non-hydrogen) atoms. The van der Waals surface area contributed by atoms with Crippen molar-refractivity contribution in [2.24, 2.45) is 22.2 Å². The van der Waals surface area contributed by atoms with Crippen LogP contribution in [0.1, 0.15) is 78.6 Å². The Morgan fingerprint density at radius 2 is 1.68 bits per heavy atom. The third-order valence-electron chi connectivity index (χ3n) is 11.0. The summed E-state index contributed by atoms with van der Waals surface area (Å²) in [6, 6.07) is 13.8. The molecule has 3 aromatic carbocycles. The molecule has 1 aliphatic rings. The van der Waals surface area contributed by atoms with E-state index in [1.54, 1.807) is 44.2 Å². The fourth-order valence-electron chi connectivity index (χ4n) is 7.53. The van der Waals surface area contributed by atoms with Gasteiger partial charge in [-0.15, -0.1) is 0 Å². The standard InChI is InChI=1S/C47H58N12O7/c1-25-38(26(2)55-40(54-25)29-9-12-31(13-10-29)47(4,5)6)43(63)57-34(16-17-48)45(65)59(7)39-30-11-15-37(66-21-20-53-46(50)51)33(24-30)32-22-28(8-14-36(32)60)23-35(42(62)52-19-18-49)58-41(61)27(3)56-44(39)64/h8-15,22,24,27,34-35,39,60H,16-17,19-21,23,48H2,1-7H3,(H,52,62)(H,56,64)(H,57,63)(H,58,61)(H4,50,51,53)/t27-,34-,35-,39-/m0/s1. The number of aromatic hydroxyl groups is 1. The number of nitrogens with zero attached hydrogens (tertiary/aromatic N) is 5. The number of nitrogens with one attached hydrogen (secondary N) is 4. The van der Waals surface area contributed by atoms with E-state index in [0.717, 1.165) is 16.0 Å².